The van der Waals surface area contributed by atoms with E-state index in [1.54, 1.807) is 5.48 Å². The second kappa shape index (κ2) is 9.79. The van der Waals surface area contributed by atoms with Crippen molar-refractivity contribution in [3.8, 4) is 0 Å². The Morgan fingerprint density at radius 2 is 1.84 bits per heavy atom. The van der Waals surface area contributed by atoms with Crippen molar-refractivity contribution in [2.24, 2.45) is 0 Å². The molecule has 2 rings (SSSR count). The van der Waals surface area contributed by atoms with Crippen molar-refractivity contribution >= 4 is 22.6 Å². The van der Waals surface area contributed by atoms with Crippen LogP contribution in [0.4, 0.5) is 0 Å². The number of carbonyl (C=O) groups excluding carboxylic acids is 2. The fourth-order valence-electron chi connectivity index (χ4n) is 3.06. The number of benzene rings is 2. The number of carbonyl (C=O) groups is 2. The Labute approximate surface area is 147 Å². The first-order valence-corrected chi connectivity index (χ1v) is 8.74. The summed E-state index contributed by atoms with van der Waals surface area (Å²) in [6, 6.07) is 14.0. The number of fused-ring (bicyclic) bond motifs is 1. The number of hydroxylamine groups is 1. The molecule has 0 aromatic heterocycles. The summed E-state index contributed by atoms with van der Waals surface area (Å²) in [4.78, 5) is 23.5. The first kappa shape index (κ1) is 18.9. The smallest absolute Gasteiger partial charge is 0.313 e. The maximum Gasteiger partial charge on any atom is 0.313 e. The van der Waals surface area contributed by atoms with Gasteiger partial charge in [-0.05, 0) is 36.1 Å². The van der Waals surface area contributed by atoms with Crippen molar-refractivity contribution in [3.05, 3.63) is 48.0 Å². The summed E-state index contributed by atoms with van der Waals surface area (Å²) in [6.07, 6.45) is 3.26. The summed E-state index contributed by atoms with van der Waals surface area (Å²) in [5.74, 6) is -0.888. The number of unbranched alkanes of at least 4 members (excludes halogenated alkanes) is 2. The predicted molar refractivity (Wildman–Crippen MR) is 96.3 cm³/mol. The summed E-state index contributed by atoms with van der Waals surface area (Å²) in [7, 11) is 0. The zero-order chi connectivity index (χ0) is 18.1. The van der Waals surface area contributed by atoms with Gasteiger partial charge in [-0.1, -0.05) is 55.3 Å². The van der Waals surface area contributed by atoms with Crippen molar-refractivity contribution in [2.45, 2.75) is 44.9 Å². The molecule has 2 N–H and O–H groups in total. The van der Waals surface area contributed by atoms with Crippen LogP contribution in [-0.2, 0) is 14.3 Å². The van der Waals surface area contributed by atoms with E-state index in [0.29, 0.717) is 19.4 Å². The van der Waals surface area contributed by atoms with Gasteiger partial charge in [-0.3, -0.25) is 14.8 Å². The van der Waals surface area contributed by atoms with Gasteiger partial charge in [0.25, 0.3) is 0 Å². The number of amides is 1. The monoisotopic (exact) mass is 343 g/mol. The van der Waals surface area contributed by atoms with Crippen LogP contribution in [0.2, 0.25) is 0 Å². The van der Waals surface area contributed by atoms with E-state index in [2.05, 4.69) is 0 Å². The standard InChI is InChI=1S/C20H25NO4/c1-2-25-20(23)18(12-4-3-5-14-19(22)21-24)17-13-8-10-15-9-6-7-11-16(15)17/h6-11,13,18,24H,2-5,12,14H2,1H3,(H,21,22). The Morgan fingerprint density at radius 1 is 1.08 bits per heavy atom. The minimum Gasteiger partial charge on any atom is -0.466 e. The van der Waals surface area contributed by atoms with Crippen molar-refractivity contribution in [3.63, 3.8) is 0 Å². The fourth-order valence-corrected chi connectivity index (χ4v) is 3.06. The fraction of sp³-hybridized carbons (Fsp3) is 0.400. The zero-order valence-corrected chi connectivity index (χ0v) is 14.5. The molecule has 0 aliphatic heterocycles. The molecule has 1 atom stereocenters. The van der Waals surface area contributed by atoms with Crippen LogP contribution < -0.4 is 5.48 Å². The summed E-state index contributed by atoms with van der Waals surface area (Å²) < 4.78 is 5.28. The van der Waals surface area contributed by atoms with Gasteiger partial charge in [0.1, 0.15) is 0 Å². The summed E-state index contributed by atoms with van der Waals surface area (Å²) in [5.41, 5.74) is 2.62. The number of esters is 1. The number of nitrogens with one attached hydrogen (secondary N) is 1. The maximum atomic E-state index is 12.5. The Hall–Kier alpha value is -2.40. The van der Waals surface area contributed by atoms with Crippen molar-refractivity contribution in [2.75, 3.05) is 6.61 Å². The van der Waals surface area contributed by atoms with E-state index in [0.717, 1.165) is 29.2 Å². The van der Waals surface area contributed by atoms with Crippen LogP contribution >= 0.6 is 0 Å². The van der Waals surface area contributed by atoms with Gasteiger partial charge in [0, 0.05) is 6.42 Å². The molecule has 2 aromatic rings. The molecule has 0 aliphatic carbocycles. The lowest BCUT2D eigenvalue weighted by molar-refractivity contribution is -0.145. The van der Waals surface area contributed by atoms with E-state index in [4.69, 9.17) is 9.94 Å². The molecule has 25 heavy (non-hydrogen) atoms. The number of ether oxygens (including phenoxy) is 1. The SMILES string of the molecule is CCOC(=O)C(CCCCCC(=O)NO)c1cccc2ccccc12. The van der Waals surface area contributed by atoms with Crippen LogP contribution in [0.25, 0.3) is 10.8 Å². The van der Waals surface area contributed by atoms with Gasteiger partial charge in [-0.15, -0.1) is 0 Å². The normalized spacial score (nSPS) is 11.9. The minimum atomic E-state index is -0.379. The lowest BCUT2D eigenvalue weighted by Gasteiger charge is -2.18. The molecule has 0 bridgehead atoms. The first-order valence-electron chi connectivity index (χ1n) is 8.74. The topological polar surface area (TPSA) is 75.6 Å². The van der Waals surface area contributed by atoms with E-state index < -0.39 is 0 Å². The third-order valence-corrected chi connectivity index (χ3v) is 4.29. The molecule has 134 valence electrons. The predicted octanol–water partition coefficient (Wildman–Crippen LogP) is 3.94. The van der Waals surface area contributed by atoms with Gasteiger partial charge in [0.15, 0.2) is 0 Å². The lowest BCUT2D eigenvalue weighted by Crippen LogP contribution is -2.18. The van der Waals surface area contributed by atoms with Gasteiger partial charge >= 0.3 is 5.97 Å². The zero-order valence-electron chi connectivity index (χ0n) is 14.5. The maximum absolute atomic E-state index is 12.5. The highest BCUT2D eigenvalue weighted by Gasteiger charge is 2.23. The summed E-state index contributed by atoms with van der Waals surface area (Å²) in [5, 5.41) is 10.7. The van der Waals surface area contributed by atoms with E-state index in [1.807, 2.05) is 49.4 Å². The average molecular weight is 343 g/mol. The number of hydrogen-bond acceptors (Lipinski definition) is 4. The third-order valence-electron chi connectivity index (χ3n) is 4.29. The van der Waals surface area contributed by atoms with Crippen LogP contribution in [0.1, 0.15) is 50.5 Å². The van der Waals surface area contributed by atoms with Crippen LogP contribution in [0.15, 0.2) is 42.5 Å². The summed E-state index contributed by atoms with van der Waals surface area (Å²) >= 11 is 0. The largest absolute Gasteiger partial charge is 0.466 e. The molecule has 1 unspecified atom stereocenters. The Morgan fingerprint density at radius 3 is 2.60 bits per heavy atom. The quantitative estimate of drug-likeness (QED) is 0.313. The first-order chi connectivity index (χ1) is 12.2. The van der Waals surface area contributed by atoms with Crippen LogP contribution in [0, 0.1) is 0 Å². The average Bonchev–Trinajstić information content (AvgIpc) is 2.64. The lowest BCUT2D eigenvalue weighted by atomic mass is 9.89. The highest BCUT2D eigenvalue weighted by molar-refractivity contribution is 5.91. The number of rotatable bonds is 9. The number of hydrogen-bond donors (Lipinski definition) is 2. The van der Waals surface area contributed by atoms with Crippen molar-refractivity contribution < 1.29 is 19.5 Å². The minimum absolute atomic E-state index is 0.202. The van der Waals surface area contributed by atoms with Gasteiger partial charge < -0.3 is 4.74 Å². The molecule has 0 saturated carbocycles. The molecule has 1 amide bonds. The molecular weight excluding hydrogens is 318 g/mol. The molecule has 0 heterocycles. The van der Waals surface area contributed by atoms with E-state index in [-0.39, 0.29) is 24.2 Å². The second-order valence-electron chi connectivity index (χ2n) is 6.01. The Bertz CT molecular complexity index is 708. The summed E-state index contributed by atoms with van der Waals surface area (Å²) in [6.45, 7) is 2.17. The van der Waals surface area contributed by atoms with E-state index >= 15 is 0 Å². The molecule has 5 nitrogen and oxygen atoms in total. The Balaban J connectivity index is 2.10. The van der Waals surface area contributed by atoms with Crippen LogP contribution in [0.3, 0.4) is 0 Å². The van der Waals surface area contributed by atoms with Gasteiger partial charge in [-0.2, -0.15) is 0 Å². The van der Waals surface area contributed by atoms with Gasteiger partial charge in [0.2, 0.25) is 5.91 Å². The highest BCUT2D eigenvalue weighted by atomic mass is 16.5. The molecule has 0 spiro atoms. The van der Waals surface area contributed by atoms with Gasteiger partial charge in [0.05, 0.1) is 12.5 Å². The Kier molecular flexibility index (Phi) is 7.41. The molecule has 5 heteroatoms. The molecule has 2 aromatic carbocycles. The van der Waals surface area contributed by atoms with Gasteiger partial charge in [-0.25, -0.2) is 5.48 Å². The third kappa shape index (κ3) is 5.29. The molecule has 0 aliphatic rings. The van der Waals surface area contributed by atoms with Crippen LogP contribution in [0.5, 0.6) is 0 Å². The highest BCUT2D eigenvalue weighted by Crippen LogP contribution is 2.30. The molecular formula is C20H25NO4. The molecule has 0 radical (unpaired) electrons. The van der Waals surface area contributed by atoms with E-state index in [1.165, 1.54) is 0 Å². The second-order valence-corrected chi connectivity index (χ2v) is 6.01. The molecule has 0 saturated heterocycles. The van der Waals surface area contributed by atoms with Crippen molar-refractivity contribution in [1.29, 1.82) is 0 Å². The molecule has 0 fully saturated rings. The van der Waals surface area contributed by atoms with Crippen molar-refractivity contribution in [1.82, 2.24) is 5.48 Å². The van der Waals surface area contributed by atoms with E-state index in [9.17, 15) is 9.59 Å². The van der Waals surface area contributed by atoms with Crippen LogP contribution in [-0.4, -0.2) is 23.7 Å².